The van der Waals surface area contributed by atoms with Crippen molar-refractivity contribution < 1.29 is 15.0 Å². The minimum atomic E-state index is -1.04. The molecular weight excluding hydrogens is 340 g/mol. The number of phenolic OH excluding ortho intramolecular Hbond substituents is 1. The molecule has 0 saturated heterocycles. The summed E-state index contributed by atoms with van der Waals surface area (Å²) in [6.07, 6.45) is 3.35. The predicted octanol–water partition coefficient (Wildman–Crippen LogP) is 5.15. The number of aliphatic carboxylic acids is 1. The number of aromatic hydroxyl groups is 1. The highest BCUT2D eigenvalue weighted by Crippen LogP contribution is 2.40. The van der Waals surface area contributed by atoms with E-state index in [1.807, 2.05) is 53.7 Å². The third-order valence-electron chi connectivity index (χ3n) is 3.69. The summed E-state index contributed by atoms with van der Waals surface area (Å²) in [6.45, 7) is 12.1. The molecule has 0 aromatic heterocycles. The first kappa shape index (κ1) is 20.7. The molecule has 0 atom stereocenters. The molecule has 132 valence electrons. The Morgan fingerprint density at radius 2 is 1.50 bits per heavy atom. The number of rotatable bonds is 3. The summed E-state index contributed by atoms with van der Waals surface area (Å²) in [6, 6.07) is 3.69. The minimum Gasteiger partial charge on any atom is -0.507 e. The summed E-state index contributed by atoms with van der Waals surface area (Å²) in [5.41, 5.74) is 1.88. The smallest absolute Gasteiger partial charge is 0.337 e. The fourth-order valence-electron chi connectivity index (χ4n) is 2.37. The number of phenols is 1. The molecule has 0 amide bonds. The predicted molar refractivity (Wildman–Crippen MR) is 107 cm³/mol. The largest absolute Gasteiger partial charge is 0.507 e. The molecule has 0 aliphatic heterocycles. The van der Waals surface area contributed by atoms with Crippen molar-refractivity contribution in [1.29, 1.82) is 0 Å². The molecule has 24 heavy (non-hydrogen) atoms. The van der Waals surface area contributed by atoms with Crippen molar-refractivity contribution in [1.82, 2.24) is 0 Å². The minimum absolute atomic E-state index is 0.0999. The van der Waals surface area contributed by atoms with E-state index in [2.05, 4.69) is 0 Å². The maximum absolute atomic E-state index is 11.5. The molecule has 0 bridgehead atoms. The summed E-state index contributed by atoms with van der Waals surface area (Å²) < 4.78 is 0.338. The number of thiocarbonyl (C=S) groups is 1. The van der Waals surface area contributed by atoms with Gasteiger partial charge in [-0.15, -0.1) is 11.8 Å². The van der Waals surface area contributed by atoms with Crippen LogP contribution in [0.5, 0.6) is 5.75 Å². The van der Waals surface area contributed by atoms with Gasteiger partial charge < -0.3 is 10.2 Å². The molecular formula is C19H26O3S2. The van der Waals surface area contributed by atoms with Gasteiger partial charge in [-0.25, -0.2) is 4.79 Å². The van der Waals surface area contributed by atoms with Gasteiger partial charge in [-0.3, -0.25) is 0 Å². The molecule has 0 radical (unpaired) electrons. The van der Waals surface area contributed by atoms with Crippen LogP contribution < -0.4 is 0 Å². The van der Waals surface area contributed by atoms with Gasteiger partial charge in [-0.1, -0.05) is 53.8 Å². The maximum Gasteiger partial charge on any atom is 0.337 e. The molecule has 0 unspecified atom stereocenters. The van der Waals surface area contributed by atoms with Gasteiger partial charge in [-0.05, 0) is 40.9 Å². The second-order valence-electron chi connectivity index (χ2n) is 7.82. The average Bonchev–Trinajstić information content (AvgIpc) is 2.42. The summed E-state index contributed by atoms with van der Waals surface area (Å²) in [4.78, 5) is 11.5. The fraction of sp³-hybridized carbons (Fsp3) is 0.474. The van der Waals surface area contributed by atoms with E-state index in [4.69, 9.17) is 12.2 Å². The lowest BCUT2D eigenvalue weighted by Gasteiger charge is -2.28. The number of hydrogen-bond donors (Lipinski definition) is 2. The van der Waals surface area contributed by atoms with E-state index in [1.54, 1.807) is 12.3 Å². The second kappa shape index (κ2) is 7.28. The van der Waals surface area contributed by atoms with Gasteiger partial charge >= 0.3 is 5.97 Å². The number of carboxylic acid groups (broad SMARTS) is 1. The Bertz CT molecular complexity index is 655. The van der Waals surface area contributed by atoms with Gasteiger partial charge in [0.05, 0.1) is 9.77 Å². The van der Waals surface area contributed by atoms with Gasteiger partial charge in [0.15, 0.2) is 0 Å². The zero-order valence-corrected chi connectivity index (χ0v) is 17.0. The molecule has 0 saturated carbocycles. The molecule has 0 aliphatic rings. The van der Waals surface area contributed by atoms with Gasteiger partial charge in [0.25, 0.3) is 0 Å². The number of thioether (sulfide) groups is 1. The molecule has 3 nitrogen and oxygen atoms in total. The Morgan fingerprint density at radius 1 is 1.08 bits per heavy atom. The van der Waals surface area contributed by atoms with E-state index in [0.29, 0.717) is 4.20 Å². The highest BCUT2D eigenvalue weighted by molar-refractivity contribution is 8.23. The Hall–Kier alpha value is -1.33. The van der Waals surface area contributed by atoms with E-state index < -0.39 is 5.97 Å². The highest BCUT2D eigenvalue weighted by atomic mass is 32.2. The van der Waals surface area contributed by atoms with Crippen LogP contribution in [0.1, 0.15) is 58.2 Å². The highest BCUT2D eigenvalue weighted by Gasteiger charge is 2.26. The molecule has 0 aliphatic carbocycles. The SMILES string of the molecule is CSC(=S)C(=Cc1cc(C(C)(C)C)c(O)c(C(C)(C)C)c1)C(=O)O. The lowest BCUT2D eigenvalue weighted by Crippen LogP contribution is -2.17. The van der Waals surface area contributed by atoms with E-state index in [-0.39, 0.29) is 22.2 Å². The van der Waals surface area contributed by atoms with Gasteiger partial charge in [0, 0.05) is 11.1 Å². The Labute approximate surface area is 154 Å². The Morgan fingerprint density at radius 3 is 1.79 bits per heavy atom. The van der Waals surface area contributed by atoms with E-state index in [9.17, 15) is 15.0 Å². The van der Waals surface area contributed by atoms with Crippen molar-refractivity contribution in [2.45, 2.75) is 52.4 Å². The van der Waals surface area contributed by atoms with Crippen molar-refractivity contribution in [3.05, 3.63) is 34.4 Å². The lowest BCUT2D eigenvalue weighted by atomic mass is 9.78. The standard InChI is InChI=1S/C19H26O3S2/c1-18(2,3)13-9-11(8-12(16(21)22)17(23)24-7)10-14(15(13)20)19(4,5)6/h8-10,20H,1-7H3,(H,21,22). The van der Waals surface area contributed by atoms with Crippen molar-refractivity contribution in [2.24, 2.45) is 0 Å². The van der Waals surface area contributed by atoms with Crippen LogP contribution in [0, 0.1) is 0 Å². The lowest BCUT2D eigenvalue weighted by molar-refractivity contribution is -0.131. The first-order valence-corrected chi connectivity index (χ1v) is 9.33. The normalized spacial score (nSPS) is 13.0. The van der Waals surface area contributed by atoms with E-state index >= 15 is 0 Å². The first-order chi connectivity index (χ1) is 10.8. The number of carboxylic acids is 1. The van der Waals surface area contributed by atoms with Crippen molar-refractivity contribution in [2.75, 3.05) is 6.26 Å². The molecule has 1 rings (SSSR count). The van der Waals surface area contributed by atoms with Crippen LogP contribution in [0.25, 0.3) is 6.08 Å². The van der Waals surface area contributed by atoms with Crippen LogP contribution in [0.4, 0.5) is 0 Å². The fourth-order valence-corrected chi connectivity index (χ4v) is 2.88. The zero-order chi connectivity index (χ0) is 18.9. The van der Waals surface area contributed by atoms with E-state index in [0.717, 1.165) is 16.7 Å². The number of carbonyl (C=O) groups is 1. The second-order valence-corrected chi connectivity index (χ2v) is 9.30. The van der Waals surface area contributed by atoms with Crippen molar-refractivity contribution >= 4 is 40.2 Å². The topological polar surface area (TPSA) is 57.5 Å². The molecule has 0 fully saturated rings. The third-order valence-corrected chi connectivity index (χ3v) is 5.01. The van der Waals surface area contributed by atoms with Crippen LogP contribution in [0.2, 0.25) is 0 Å². The molecule has 2 N–H and O–H groups in total. The number of hydrogen-bond acceptors (Lipinski definition) is 4. The van der Waals surface area contributed by atoms with E-state index in [1.165, 1.54) is 11.8 Å². The molecule has 1 aromatic rings. The zero-order valence-electron chi connectivity index (χ0n) is 15.4. The van der Waals surface area contributed by atoms with Gasteiger partial charge in [-0.2, -0.15) is 0 Å². The summed E-state index contributed by atoms with van der Waals surface area (Å²) in [5.74, 6) is -0.770. The summed E-state index contributed by atoms with van der Waals surface area (Å²) in [5, 5.41) is 20.1. The van der Waals surface area contributed by atoms with Crippen LogP contribution >= 0.6 is 24.0 Å². The Kier molecular flexibility index (Phi) is 6.28. The van der Waals surface area contributed by atoms with Crippen LogP contribution in [-0.4, -0.2) is 26.6 Å². The van der Waals surface area contributed by atoms with Crippen molar-refractivity contribution in [3.8, 4) is 5.75 Å². The first-order valence-electron chi connectivity index (χ1n) is 7.70. The molecule has 1 aromatic carbocycles. The monoisotopic (exact) mass is 366 g/mol. The average molecular weight is 367 g/mol. The number of benzene rings is 1. The summed E-state index contributed by atoms with van der Waals surface area (Å²) >= 11 is 6.39. The van der Waals surface area contributed by atoms with Gasteiger partial charge in [0.1, 0.15) is 5.75 Å². The quantitative estimate of drug-likeness (QED) is 0.572. The van der Waals surface area contributed by atoms with Crippen molar-refractivity contribution in [3.63, 3.8) is 0 Å². The summed E-state index contributed by atoms with van der Waals surface area (Å²) in [7, 11) is 0. The van der Waals surface area contributed by atoms with Crippen LogP contribution in [0.15, 0.2) is 17.7 Å². The van der Waals surface area contributed by atoms with Gasteiger partial charge in [0.2, 0.25) is 0 Å². The molecule has 5 heteroatoms. The molecule has 0 spiro atoms. The Balaban J connectivity index is 3.72. The molecule has 0 heterocycles. The van der Waals surface area contributed by atoms with Crippen LogP contribution in [-0.2, 0) is 15.6 Å². The third kappa shape index (κ3) is 4.84. The van der Waals surface area contributed by atoms with Crippen LogP contribution in [0.3, 0.4) is 0 Å². The maximum atomic E-state index is 11.5.